The molecule has 9 atom stereocenters. The van der Waals surface area contributed by atoms with Crippen LogP contribution in [0.2, 0.25) is 18.1 Å². The Hall–Kier alpha value is -2.41. The molecule has 1 saturated heterocycles. The molecule has 5 rings (SSSR count). The average molecular weight is 659 g/mol. The summed E-state index contributed by atoms with van der Waals surface area (Å²) in [4.78, 5) is 41.9. The third-order valence-electron chi connectivity index (χ3n) is 12.2. The Kier molecular flexibility index (Phi) is 9.05. The minimum absolute atomic E-state index is 0.105. The van der Waals surface area contributed by atoms with Gasteiger partial charge in [-0.05, 0) is 55.3 Å². The van der Waals surface area contributed by atoms with E-state index in [0.29, 0.717) is 5.57 Å². The van der Waals surface area contributed by atoms with Crippen molar-refractivity contribution >= 4 is 26.0 Å². The van der Waals surface area contributed by atoms with Crippen LogP contribution in [0.1, 0.15) is 78.6 Å². The number of carbonyl (C=O) groups is 3. The van der Waals surface area contributed by atoms with E-state index in [0.717, 1.165) is 18.1 Å². The van der Waals surface area contributed by atoms with E-state index in [1.54, 1.807) is 58.0 Å². The summed E-state index contributed by atoms with van der Waals surface area (Å²) in [6.45, 7) is 14.1. The van der Waals surface area contributed by atoms with E-state index in [1.165, 1.54) is 6.92 Å². The summed E-state index contributed by atoms with van der Waals surface area (Å²) in [6, 6.07) is 10.7. The molecule has 46 heavy (non-hydrogen) atoms. The molecule has 254 valence electrons. The van der Waals surface area contributed by atoms with E-state index in [9.17, 15) is 24.9 Å². The standard InChI is InChI=1S/C35H50O10Si/c1-9-46(10-2,11-3)45-24-17-25-34(19-42-25,44-21(5)36)28-30(43-31(40)22-15-13-12-14-16-22)35(41)18-23(37)20(4)26(32(35,6)7)27(38)29(39)33(24,28)8/h12-16,23-25,27-28,30,37-38,41H,9-11,17-19H2,1-8H3/t23-,24-,25?,27+,28-,30-,33+,34-,35+/m0/s1. The second-order valence-corrected chi connectivity index (χ2v) is 19.2. The summed E-state index contributed by atoms with van der Waals surface area (Å²) in [6.07, 6.45) is -6.03. The fourth-order valence-electron chi connectivity index (χ4n) is 9.11. The zero-order chi connectivity index (χ0) is 34.0. The van der Waals surface area contributed by atoms with Gasteiger partial charge in [0.25, 0.3) is 0 Å². The number of ketones is 1. The zero-order valence-corrected chi connectivity index (χ0v) is 29.3. The van der Waals surface area contributed by atoms with Crippen molar-refractivity contribution in [3.05, 3.63) is 47.0 Å². The van der Waals surface area contributed by atoms with Gasteiger partial charge in [-0.3, -0.25) is 9.59 Å². The maximum atomic E-state index is 15.1. The maximum Gasteiger partial charge on any atom is 0.338 e. The van der Waals surface area contributed by atoms with Crippen molar-refractivity contribution in [1.82, 2.24) is 0 Å². The van der Waals surface area contributed by atoms with Crippen LogP contribution in [0.15, 0.2) is 41.5 Å². The van der Waals surface area contributed by atoms with Gasteiger partial charge >= 0.3 is 11.9 Å². The van der Waals surface area contributed by atoms with Gasteiger partial charge in [0.15, 0.2) is 19.7 Å². The van der Waals surface area contributed by atoms with Gasteiger partial charge in [0.05, 0.1) is 35.7 Å². The number of ether oxygens (including phenoxy) is 3. The largest absolute Gasteiger partial charge is 0.455 e. The van der Waals surface area contributed by atoms with Crippen LogP contribution in [0.25, 0.3) is 0 Å². The number of benzene rings is 1. The number of hydrogen-bond donors (Lipinski definition) is 3. The molecular formula is C35H50O10Si. The number of fused-ring (bicyclic) bond motifs is 5. The molecule has 1 heterocycles. The van der Waals surface area contributed by atoms with Crippen LogP contribution in [-0.2, 0) is 28.2 Å². The Morgan fingerprint density at radius 2 is 1.65 bits per heavy atom. The Bertz CT molecular complexity index is 1400. The molecule has 0 amide bonds. The molecule has 1 aromatic carbocycles. The van der Waals surface area contributed by atoms with Gasteiger partial charge in [-0.25, -0.2) is 4.79 Å². The predicted octanol–water partition coefficient (Wildman–Crippen LogP) is 4.11. The molecule has 11 heteroatoms. The summed E-state index contributed by atoms with van der Waals surface area (Å²) >= 11 is 0. The quantitative estimate of drug-likeness (QED) is 0.212. The van der Waals surface area contributed by atoms with Crippen molar-refractivity contribution in [1.29, 1.82) is 0 Å². The number of Topliss-reactive ketones (excluding diaryl/α,β-unsaturated/α-hetero) is 1. The van der Waals surface area contributed by atoms with Crippen LogP contribution in [0, 0.1) is 16.7 Å². The van der Waals surface area contributed by atoms with Gasteiger partial charge in [0.2, 0.25) is 0 Å². The highest BCUT2D eigenvalue weighted by molar-refractivity contribution is 6.73. The molecule has 4 aliphatic rings. The molecule has 3 aliphatic carbocycles. The van der Waals surface area contributed by atoms with E-state index in [2.05, 4.69) is 20.8 Å². The molecule has 1 aliphatic heterocycles. The SMILES string of the molecule is CC[Si](CC)(CC)O[C@H]1CC2OC[C@@]2(OC(C)=O)[C@H]2[C@H](OC(=O)c3ccccc3)[C@]3(O)C[C@H](O)C(C)=C([C@@H](O)C(=O)[C@]12C)C3(C)C. The molecule has 2 saturated carbocycles. The first kappa shape index (κ1) is 34.9. The summed E-state index contributed by atoms with van der Waals surface area (Å²) in [5.41, 5.74) is -5.70. The highest BCUT2D eigenvalue weighted by Gasteiger charge is 2.78. The molecule has 0 spiro atoms. The van der Waals surface area contributed by atoms with Gasteiger partial charge in [-0.15, -0.1) is 0 Å². The first-order chi connectivity index (χ1) is 21.5. The van der Waals surface area contributed by atoms with Gasteiger partial charge in [0.1, 0.15) is 23.9 Å². The van der Waals surface area contributed by atoms with Crippen molar-refractivity contribution in [2.75, 3.05) is 6.61 Å². The molecule has 0 radical (unpaired) electrons. The second-order valence-electron chi connectivity index (χ2n) is 14.5. The smallest absolute Gasteiger partial charge is 0.338 e. The van der Waals surface area contributed by atoms with E-state index in [4.69, 9.17) is 18.6 Å². The van der Waals surface area contributed by atoms with E-state index < -0.39 is 84.5 Å². The number of aliphatic hydroxyl groups excluding tert-OH is 2. The molecule has 0 aromatic heterocycles. The third-order valence-corrected chi connectivity index (χ3v) is 16.9. The minimum Gasteiger partial charge on any atom is -0.455 e. The first-order valence-electron chi connectivity index (χ1n) is 16.6. The van der Waals surface area contributed by atoms with Crippen molar-refractivity contribution in [3.8, 4) is 0 Å². The fraction of sp³-hybridized carbons (Fsp3) is 0.686. The van der Waals surface area contributed by atoms with Crippen LogP contribution in [0.4, 0.5) is 0 Å². The average Bonchev–Trinajstić information content (AvgIpc) is 3.01. The zero-order valence-electron chi connectivity index (χ0n) is 28.3. The Morgan fingerprint density at radius 3 is 2.17 bits per heavy atom. The van der Waals surface area contributed by atoms with Crippen LogP contribution >= 0.6 is 0 Å². The lowest BCUT2D eigenvalue weighted by Crippen LogP contribution is -2.82. The Morgan fingerprint density at radius 1 is 1.04 bits per heavy atom. The number of aliphatic hydroxyl groups is 3. The van der Waals surface area contributed by atoms with Gasteiger partial charge < -0.3 is 34.0 Å². The lowest BCUT2D eigenvalue weighted by Gasteiger charge is -2.68. The van der Waals surface area contributed by atoms with Crippen LogP contribution in [0.5, 0.6) is 0 Å². The summed E-state index contributed by atoms with van der Waals surface area (Å²) in [5, 5.41) is 36.5. The minimum atomic E-state index is -2.42. The lowest BCUT2D eigenvalue weighted by atomic mass is 9.44. The molecule has 3 fully saturated rings. The number of rotatable bonds is 8. The second kappa shape index (κ2) is 11.9. The monoisotopic (exact) mass is 658 g/mol. The lowest BCUT2D eigenvalue weighted by molar-refractivity contribution is -0.344. The van der Waals surface area contributed by atoms with Crippen LogP contribution in [-0.4, -0.2) is 89.7 Å². The summed E-state index contributed by atoms with van der Waals surface area (Å²) in [5.74, 6) is -3.16. The van der Waals surface area contributed by atoms with Gasteiger partial charge in [-0.1, -0.05) is 52.8 Å². The number of carbonyl (C=O) groups excluding carboxylic acids is 3. The highest BCUT2D eigenvalue weighted by atomic mass is 28.4. The molecule has 2 bridgehead atoms. The molecule has 1 aromatic rings. The fourth-order valence-corrected chi connectivity index (χ4v) is 12.1. The molecule has 1 unspecified atom stereocenters. The third kappa shape index (κ3) is 4.87. The van der Waals surface area contributed by atoms with Crippen LogP contribution in [0.3, 0.4) is 0 Å². The summed E-state index contributed by atoms with van der Waals surface area (Å²) < 4.78 is 25.7. The Labute approximate surface area is 272 Å². The maximum absolute atomic E-state index is 15.1. The number of esters is 2. The van der Waals surface area contributed by atoms with Crippen molar-refractivity contribution in [2.24, 2.45) is 16.7 Å². The highest BCUT2D eigenvalue weighted by Crippen LogP contribution is 2.64. The van der Waals surface area contributed by atoms with Gasteiger partial charge in [-0.2, -0.15) is 0 Å². The van der Waals surface area contributed by atoms with Crippen LogP contribution < -0.4 is 0 Å². The van der Waals surface area contributed by atoms with Crippen molar-refractivity contribution in [2.45, 2.75) is 128 Å². The number of hydrogen-bond acceptors (Lipinski definition) is 10. The Balaban J connectivity index is 1.84. The van der Waals surface area contributed by atoms with E-state index in [-0.39, 0.29) is 30.6 Å². The first-order valence-corrected chi connectivity index (χ1v) is 19.1. The summed E-state index contributed by atoms with van der Waals surface area (Å²) in [7, 11) is -2.42. The van der Waals surface area contributed by atoms with Crippen molar-refractivity contribution < 1.29 is 48.3 Å². The van der Waals surface area contributed by atoms with E-state index in [1.807, 2.05) is 0 Å². The predicted molar refractivity (Wildman–Crippen MR) is 171 cm³/mol. The van der Waals surface area contributed by atoms with Crippen molar-refractivity contribution in [3.63, 3.8) is 0 Å². The molecule has 3 N–H and O–H groups in total. The normalized spacial score (nSPS) is 38.5. The molecular weight excluding hydrogens is 608 g/mol. The van der Waals surface area contributed by atoms with E-state index >= 15 is 4.79 Å². The topological polar surface area (TPSA) is 149 Å². The van der Waals surface area contributed by atoms with Gasteiger partial charge in [0, 0.05) is 25.2 Å². The molecule has 10 nitrogen and oxygen atoms in total.